The zero-order valence-electron chi connectivity index (χ0n) is 10.8. The average Bonchev–Trinajstić information content (AvgIpc) is 2.46. The first-order valence-corrected chi connectivity index (χ1v) is 6.61. The maximum atomic E-state index is 6.03. The van der Waals surface area contributed by atoms with E-state index in [9.17, 15) is 0 Å². The quantitative estimate of drug-likeness (QED) is 0.719. The Morgan fingerprint density at radius 1 is 1.00 bits per heavy atom. The second-order valence-corrected chi connectivity index (χ2v) is 4.99. The fraction of sp³-hybridized carbons (Fsp3) is 0.400. The molecule has 0 aromatic heterocycles. The monoisotopic (exact) mass is 248 g/mol. The van der Waals surface area contributed by atoms with Crippen LogP contribution in [-0.2, 0) is 6.54 Å². The van der Waals surface area contributed by atoms with Crippen molar-refractivity contribution in [3.8, 4) is 11.1 Å². The molecule has 0 saturated heterocycles. The number of unbranched alkanes of at least 4 members (excludes halogenated alkanes) is 1. The summed E-state index contributed by atoms with van der Waals surface area (Å²) in [4.78, 5) is 0. The van der Waals surface area contributed by atoms with Gasteiger partial charge in [0.25, 0.3) is 0 Å². The Balaban J connectivity index is 2.56. The fourth-order valence-electron chi connectivity index (χ4n) is 2.39. The van der Waals surface area contributed by atoms with Gasteiger partial charge in [0.15, 0.2) is 11.4 Å². The van der Waals surface area contributed by atoms with Crippen molar-refractivity contribution in [2.75, 3.05) is 0 Å². The Hall–Kier alpha value is -1.08. The molecular formula is C15H19ClN+. The summed E-state index contributed by atoms with van der Waals surface area (Å²) in [5.41, 5.74) is 5.31. The molecule has 0 unspecified atom stereocenters. The van der Waals surface area contributed by atoms with Gasteiger partial charge in [0, 0.05) is 25.3 Å². The highest BCUT2D eigenvalue weighted by molar-refractivity contribution is 6.30. The summed E-state index contributed by atoms with van der Waals surface area (Å²) in [6.45, 7) is 7.73. The summed E-state index contributed by atoms with van der Waals surface area (Å²) in [7, 11) is 0. The van der Waals surface area contributed by atoms with Crippen LogP contribution in [0, 0.1) is 13.8 Å². The topological polar surface area (TPSA) is 3.88 Å². The molecule has 1 aliphatic heterocycles. The highest BCUT2D eigenvalue weighted by Gasteiger charge is 2.24. The third kappa shape index (κ3) is 2.30. The maximum Gasteiger partial charge on any atom is 0.186 e. The summed E-state index contributed by atoms with van der Waals surface area (Å²) in [5, 5.41) is 0.792. The minimum atomic E-state index is 0.792. The van der Waals surface area contributed by atoms with Gasteiger partial charge in [-0.05, 0) is 24.3 Å². The van der Waals surface area contributed by atoms with Gasteiger partial charge in [-0.25, -0.2) is 0 Å². The number of halogens is 1. The van der Waals surface area contributed by atoms with E-state index in [1.165, 1.54) is 35.4 Å². The third-order valence-electron chi connectivity index (χ3n) is 3.43. The molecule has 1 aliphatic carbocycles. The van der Waals surface area contributed by atoms with Crippen molar-refractivity contribution in [2.24, 2.45) is 0 Å². The lowest BCUT2D eigenvalue weighted by molar-refractivity contribution is -0.704. The van der Waals surface area contributed by atoms with Crippen LogP contribution in [0.1, 0.15) is 31.2 Å². The molecule has 0 saturated carbocycles. The number of hydrogen-bond donors (Lipinski definition) is 0. The van der Waals surface area contributed by atoms with Crippen LogP contribution in [0.15, 0.2) is 24.3 Å². The predicted octanol–water partition coefficient (Wildman–Crippen LogP) is 4.15. The van der Waals surface area contributed by atoms with E-state index in [4.69, 9.17) is 11.6 Å². The van der Waals surface area contributed by atoms with E-state index in [-0.39, 0.29) is 0 Å². The SMILES string of the molecule is CCCC[n+]1c(C)c2ccc(Cl)ccc-2c1C. The lowest BCUT2D eigenvalue weighted by Crippen LogP contribution is -2.37. The number of hydrogen-bond acceptors (Lipinski definition) is 0. The highest BCUT2D eigenvalue weighted by Crippen LogP contribution is 2.28. The van der Waals surface area contributed by atoms with Gasteiger partial charge in [0.05, 0.1) is 11.1 Å². The minimum Gasteiger partial charge on any atom is -0.199 e. The van der Waals surface area contributed by atoms with Crippen LogP contribution in [0.5, 0.6) is 0 Å². The van der Waals surface area contributed by atoms with Crippen molar-refractivity contribution in [2.45, 2.75) is 40.2 Å². The Bertz CT molecular complexity index is 465. The van der Waals surface area contributed by atoms with E-state index in [1.54, 1.807) is 0 Å². The normalized spacial score (nSPS) is 11.1. The molecule has 2 aliphatic rings. The zero-order chi connectivity index (χ0) is 12.4. The number of nitrogens with zero attached hydrogens (tertiary/aromatic N) is 1. The first-order chi connectivity index (χ1) is 8.15. The largest absolute Gasteiger partial charge is 0.199 e. The summed E-state index contributed by atoms with van der Waals surface area (Å²) in [6, 6.07) is 8.20. The van der Waals surface area contributed by atoms with Gasteiger partial charge in [-0.3, -0.25) is 0 Å². The van der Waals surface area contributed by atoms with E-state index in [0.29, 0.717) is 0 Å². The zero-order valence-corrected chi connectivity index (χ0v) is 11.5. The van der Waals surface area contributed by atoms with Crippen LogP contribution >= 0.6 is 11.6 Å². The van der Waals surface area contributed by atoms with E-state index < -0.39 is 0 Å². The van der Waals surface area contributed by atoms with Gasteiger partial charge >= 0.3 is 0 Å². The van der Waals surface area contributed by atoms with Gasteiger partial charge in [-0.1, -0.05) is 24.9 Å². The Morgan fingerprint density at radius 2 is 1.53 bits per heavy atom. The van der Waals surface area contributed by atoms with Crippen LogP contribution in [0.4, 0.5) is 0 Å². The molecule has 2 heteroatoms. The molecule has 2 rings (SSSR count). The van der Waals surface area contributed by atoms with Crippen molar-refractivity contribution in [3.63, 3.8) is 0 Å². The van der Waals surface area contributed by atoms with Gasteiger partial charge in [0.2, 0.25) is 0 Å². The van der Waals surface area contributed by atoms with Crippen molar-refractivity contribution in [1.82, 2.24) is 0 Å². The molecule has 1 heterocycles. The minimum absolute atomic E-state index is 0.792. The first-order valence-electron chi connectivity index (χ1n) is 6.23. The first kappa shape index (κ1) is 12.4. The lowest BCUT2D eigenvalue weighted by Gasteiger charge is -1.95. The van der Waals surface area contributed by atoms with Crippen LogP contribution in [0.25, 0.3) is 11.1 Å². The second-order valence-electron chi connectivity index (χ2n) is 4.55. The second kappa shape index (κ2) is 5.05. The van der Waals surface area contributed by atoms with Crippen LogP contribution in [0.3, 0.4) is 0 Å². The summed E-state index contributed by atoms with van der Waals surface area (Å²) < 4.78 is 2.42. The molecule has 0 aromatic rings. The van der Waals surface area contributed by atoms with Crippen molar-refractivity contribution in [1.29, 1.82) is 0 Å². The molecule has 0 bridgehead atoms. The number of fused-ring (bicyclic) bond motifs is 1. The lowest BCUT2D eigenvalue weighted by atomic mass is 10.1. The standard InChI is InChI=1S/C15H19ClN/c1-4-5-10-17-11(2)14-8-6-13(16)7-9-15(14)12(17)3/h6-9H,4-5,10H2,1-3H3/q+1. The summed E-state index contributed by atoms with van der Waals surface area (Å²) >= 11 is 6.03. The van der Waals surface area contributed by atoms with E-state index in [0.717, 1.165) is 11.6 Å². The van der Waals surface area contributed by atoms with Crippen molar-refractivity contribution in [3.05, 3.63) is 40.7 Å². The average molecular weight is 249 g/mol. The van der Waals surface area contributed by atoms with Crippen molar-refractivity contribution < 1.29 is 4.57 Å². The van der Waals surface area contributed by atoms with Crippen molar-refractivity contribution >= 4 is 11.6 Å². The van der Waals surface area contributed by atoms with Gasteiger partial charge in [-0.15, -0.1) is 0 Å². The van der Waals surface area contributed by atoms with E-state index >= 15 is 0 Å². The molecule has 0 radical (unpaired) electrons. The molecule has 90 valence electrons. The Labute approximate surface area is 108 Å². The smallest absolute Gasteiger partial charge is 0.186 e. The van der Waals surface area contributed by atoms with Crippen LogP contribution in [0.2, 0.25) is 5.02 Å². The Morgan fingerprint density at radius 3 is 2.00 bits per heavy atom. The molecular weight excluding hydrogens is 230 g/mol. The van der Waals surface area contributed by atoms with Gasteiger partial charge < -0.3 is 0 Å². The fourth-order valence-corrected chi connectivity index (χ4v) is 2.51. The van der Waals surface area contributed by atoms with Gasteiger partial charge in [-0.2, -0.15) is 4.57 Å². The summed E-state index contributed by atoms with van der Waals surface area (Å²) in [5.74, 6) is 0. The van der Waals surface area contributed by atoms with E-state index in [2.05, 4.69) is 37.5 Å². The Kier molecular flexibility index (Phi) is 3.68. The number of rotatable bonds is 3. The highest BCUT2D eigenvalue weighted by atomic mass is 35.5. The molecule has 1 nitrogen and oxygen atoms in total. The molecule has 17 heavy (non-hydrogen) atoms. The third-order valence-corrected chi connectivity index (χ3v) is 3.69. The predicted molar refractivity (Wildman–Crippen MR) is 72.7 cm³/mol. The molecule has 0 spiro atoms. The maximum absolute atomic E-state index is 6.03. The summed E-state index contributed by atoms with van der Waals surface area (Å²) in [6.07, 6.45) is 2.46. The van der Waals surface area contributed by atoms with Gasteiger partial charge in [0.1, 0.15) is 6.54 Å². The van der Waals surface area contributed by atoms with E-state index in [1.807, 2.05) is 12.1 Å². The number of aromatic nitrogens is 1. The molecule has 0 N–H and O–H groups in total. The molecule has 0 amide bonds. The molecule has 0 aromatic carbocycles. The van der Waals surface area contributed by atoms with Crippen LogP contribution in [-0.4, -0.2) is 0 Å². The molecule has 0 atom stereocenters. The molecule has 0 fully saturated rings. The van der Waals surface area contributed by atoms with Crippen LogP contribution < -0.4 is 4.57 Å².